The highest BCUT2D eigenvalue weighted by molar-refractivity contribution is 9.10. The first-order valence-corrected chi connectivity index (χ1v) is 8.75. The molecule has 2 N–H and O–H groups in total. The van der Waals surface area contributed by atoms with E-state index in [-0.39, 0.29) is 33.2 Å². The van der Waals surface area contributed by atoms with E-state index in [4.69, 9.17) is 26.2 Å². The second-order valence-electron chi connectivity index (χ2n) is 4.06. The van der Waals surface area contributed by atoms with Crippen molar-refractivity contribution in [2.24, 2.45) is 5.14 Å². The van der Waals surface area contributed by atoms with Crippen LogP contribution in [0.25, 0.3) is 0 Å². The Morgan fingerprint density at radius 3 is 2.57 bits per heavy atom. The Labute approximate surface area is 136 Å². The van der Waals surface area contributed by atoms with E-state index in [1.165, 1.54) is 6.07 Å². The van der Waals surface area contributed by atoms with Crippen LogP contribution in [0.1, 0.15) is 23.7 Å². The summed E-state index contributed by atoms with van der Waals surface area (Å²) in [5, 5.41) is 5.11. The summed E-state index contributed by atoms with van der Waals surface area (Å²) in [6.45, 7) is 2.88. The predicted octanol–water partition coefficient (Wildman–Crippen LogP) is 2.33. The number of rotatable bonds is 7. The molecule has 118 valence electrons. The second kappa shape index (κ2) is 8.09. The summed E-state index contributed by atoms with van der Waals surface area (Å²) in [6.07, 6.45) is 0.869. The van der Waals surface area contributed by atoms with Crippen LogP contribution < -0.4 is 5.14 Å². The predicted molar refractivity (Wildman–Crippen MR) is 81.9 cm³/mol. The van der Waals surface area contributed by atoms with Crippen LogP contribution in [0.5, 0.6) is 0 Å². The van der Waals surface area contributed by atoms with E-state index in [1.807, 2.05) is 6.92 Å². The lowest BCUT2D eigenvalue weighted by Crippen LogP contribution is -2.16. The van der Waals surface area contributed by atoms with Crippen LogP contribution in [-0.2, 0) is 19.5 Å². The summed E-state index contributed by atoms with van der Waals surface area (Å²) in [4.78, 5) is 11.6. The summed E-state index contributed by atoms with van der Waals surface area (Å²) >= 11 is 8.89. The molecule has 0 heterocycles. The van der Waals surface area contributed by atoms with Gasteiger partial charge in [0.15, 0.2) is 0 Å². The minimum absolute atomic E-state index is 0.00252. The molecule has 21 heavy (non-hydrogen) atoms. The van der Waals surface area contributed by atoms with Gasteiger partial charge in [0.2, 0.25) is 10.0 Å². The number of hydrogen-bond donors (Lipinski definition) is 1. The van der Waals surface area contributed by atoms with Gasteiger partial charge in [-0.15, -0.1) is 0 Å². The molecule has 0 saturated carbocycles. The third kappa shape index (κ3) is 5.55. The molecule has 1 aromatic carbocycles. The number of hydrogen-bond acceptors (Lipinski definition) is 5. The first-order chi connectivity index (χ1) is 9.77. The smallest absolute Gasteiger partial charge is 0.338 e. The number of esters is 1. The molecule has 1 rings (SSSR count). The van der Waals surface area contributed by atoms with Crippen molar-refractivity contribution in [1.29, 1.82) is 0 Å². The Balaban J connectivity index is 2.84. The zero-order valence-corrected chi connectivity index (χ0v) is 14.4. The molecule has 0 fully saturated rings. The van der Waals surface area contributed by atoms with Crippen molar-refractivity contribution in [3.8, 4) is 0 Å². The number of benzene rings is 1. The minimum Gasteiger partial charge on any atom is -0.460 e. The van der Waals surface area contributed by atoms with E-state index in [1.54, 1.807) is 0 Å². The van der Waals surface area contributed by atoms with Crippen LogP contribution in [0.4, 0.5) is 0 Å². The quantitative estimate of drug-likeness (QED) is 0.560. The third-order valence-corrected chi connectivity index (χ3v) is 4.92. The van der Waals surface area contributed by atoms with Crippen molar-refractivity contribution in [3.63, 3.8) is 0 Å². The molecule has 0 spiro atoms. The molecule has 6 nitrogen and oxygen atoms in total. The normalized spacial score (nSPS) is 11.4. The van der Waals surface area contributed by atoms with Crippen molar-refractivity contribution in [2.75, 3.05) is 19.8 Å². The average molecular weight is 401 g/mol. The van der Waals surface area contributed by atoms with Gasteiger partial charge in [-0.05, 0) is 34.5 Å². The maximum atomic E-state index is 11.8. The Hall–Kier alpha value is -0.670. The van der Waals surface area contributed by atoms with E-state index in [0.29, 0.717) is 6.61 Å². The Morgan fingerprint density at radius 2 is 2.00 bits per heavy atom. The van der Waals surface area contributed by atoms with Gasteiger partial charge in [0.25, 0.3) is 0 Å². The van der Waals surface area contributed by atoms with Crippen molar-refractivity contribution in [1.82, 2.24) is 0 Å². The zero-order chi connectivity index (χ0) is 16.0. The summed E-state index contributed by atoms with van der Waals surface area (Å²) in [7, 11) is -4.01. The first-order valence-electron chi connectivity index (χ1n) is 6.04. The van der Waals surface area contributed by atoms with Crippen molar-refractivity contribution < 1.29 is 22.7 Å². The van der Waals surface area contributed by atoms with E-state index >= 15 is 0 Å². The number of halogens is 2. The molecule has 0 atom stereocenters. The minimum atomic E-state index is -4.01. The number of carbonyl (C=O) groups is 1. The van der Waals surface area contributed by atoms with Crippen LogP contribution in [0.3, 0.4) is 0 Å². The van der Waals surface area contributed by atoms with Gasteiger partial charge in [-0.2, -0.15) is 0 Å². The van der Waals surface area contributed by atoms with Crippen LogP contribution in [-0.4, -0.2) is 34.2 Å². The fourth-order valence-corrected chi connectivity index (χ4v) is 3.24. The highest BCUT2D eigenvalue weighted by Gasteiger charge is 2.20. The molecule has 9 heteroatoms. The molecule has 0 aliphatic rings. The van der Waals surface area contributed by atoms with Crippen molar-refractivity contribution in [3.05, 3.63) is 27.2 Å². The number of carbonyl (C=O) groups excluding carboxylic acids is 1. The van der Waals surface area contributed by atoms with E-state index in [0.717, 1.165) is 12.5 Å². The Morgan fingerprint density at radius 1 is 1.33 bits per heavy atom. The van der Waals surface area contributed by atoms with Gasteiger partial charge in [-0.3, -0.25) is 0 Å². The lowest BCUT2D eigenvalue weighted by molar-refractivity contribution is 0.0318. The highest BCUT2D eigenvalue weighted by atomic mass is 79.9. The molecule has 0 radical (unpaired) electrons. The van der Waals surface area contributed by atoms with Crippen molar-refractivity contribution >= 4 is 43.5 Å². The van der Waals surface area contributed by atoms with E-state index in [9.17, 15) is 13.2 Å². The molecular formula is C12H15BrClNO5S. The van der Waals surface area contributed by atoms with Gasteiger partial charge >= 0.3 is 5.97 Å². The monoisotopic (exact) mass is 399 g/mol. The average Bonchev–Trinajstić information content (AvgIpc) is 2.39. The van der Waals surface area contributed by atoms with Gasteiger partial charge < -0.3 is 9.47 Å². The summed E-state index contributed by atoms with van der Waals surface area (Å²) < 4.78 is 33.1. The molecule has 0 aliphatic heterocycles. The molecule has 0 saturated heterocycles. The van der Waals surface area contributed by atoms with E-state index < -0.39 is 16.0 Å². The Bertz CT molecular complexity index is 620. The van der Waals surface area contributed by atoms with Crippen LogP contribution in [0, 0.1) is 0 Å². The maximum absolute atomic E-state index is 11.8. The van der Waals surface area contributed by atoms with Gasteiger partial charge in [-0.25, -0.2) is 18.4 Å². The molecule has 0 amide bonds. The van der Waals surface area contributed by atoms with E-state index in [2.05, 4.69) is 15.9 Å². The topological polar surface area (TPSA) is 95.7 Å². The molecular weight excluding hydrogens is 386 g/mol. The number of nitrogens with two attached hydrogens (primary N) is 1. The molecule has 0 bridgehead atoms. The standard InChI is InChI=1S/C12H15BrClNO5S/c1-2-3-19-4-5-20-12(16)8-6-9(14)11(13)10(7-8)21(15,17)18/h6-7H,2-5H2,1H3,(H2,15,17,18). The molecule has 1 aromatic rings. The second-order valence-corrected chi connectivity index (χ2v) is 6.79. The lowest BCUT2D eigenvalue weighted by atomic mass is 10.2. The molecule has 0 unspecified atom stereocenters. The maximum Gasteiger partial charge on any atom is 0.338 e. The van der Waals surface area contributed by atoms with Gasteiger partial charge in [0, 0.05) is 6.61 Å². The van der Waals surface area contributed by atoms with Crippen LogP contribution in [0.2, 0.25) is 5.02 Å². The Kier molecular flexibility index (Phi) is 7.08. The van der Waals surface area contributed by atoms with Gasteiger partial charge in [0.05, 0.1) is 26.6 Å². The fraction of sp³-hybridized carbons (Fsp3) is 0.417. The number of sulfonamides is 1. The van der Waals surface area contributed by atoms with Crippen LogP contribution in [0.15, 0.2) is 21.5 Å². The number of primary sulfonamides is 1. The van der Waals surface area contributed by atoms with Gasteiger partial charge in [-0.1, -0.05) is 18.5 Å². The highest BCUT2D eigenvalue weighted by Crippen LogP contribution is 2.30. The summed E-state index contributed by atoms with van der Waals surface area (Å²) in [5.74, 6) is -0.700. The van der Waals surface area contributed by atoms with Crippen molar-refractivity contribution in [2.45, 2.75) is 18.2 Å². The number of ether oxygens (including phenoxy) is 2. The summed E-state index contributed by atoms with van der Waals surface area (Å²) in [6, 6.07) is 2.41. The summed E-state index contributed by atoms with van der Waals surface area (Å²) in [5.41, 5.74) is 0.00252. The zero-order valence-electron chi connectivity index (χ0n) is 11.3. The third-order valence-electron chi connectivity index (χ3n) is 2.35. The first kappa shape index (κ1) is 18.4. The molecule has 0 aromatic heterocycles. The lowest BCUT2D eigenvalue weighted by Gasteiger charge is -2.09. The largest absolute Gasteiger partial charge is 0.460 e. The van der Waals surface area contributed by atoms with Crippen LogP contribution >= 0.6 is 27.5 Å². The SMILES string of the molecule is CCCOCCOC(=O)c1cc(Cl)c(Br)c(S(N)(=O)=O)c1. The molecule has 0 aliphatic carbocycles. The van der Waals surface area contributed by atoms with Gasteiger partial charge in [0.1, 0.15) is 6.61 Å². The fourth-order valence-electron chi connectivity index (χ4n) is 1.41.